The van der Waals surface area contributed by atoms with Crippen molar-refractivity contribution in [2.24, 2.45) is 0 Å². The van der Waals surface area contributed by atoms with Gasteiger partial charge in [-0.2, -0.15) is 0 Å². The summed E-state index contributed by atoms with van der Waals surface area (Å²) < 4.78 is 5.88. The number of nitrogens with zero attached hydrogens (tertiary/aromatic N) is 2. The lowest BCUT2D eigenvalue weighted by Crippen LogP contribution is -2.50. The Morgan fingerprint density at radius 3 is 2.48 bits per heavy atom. The number of carbonyl (C=O) groups is 2. The molecule has 2 aliphatic rings. The summed E-state index contributed by atoms with van der Waals surface area (Å²) in [6.45, 7) is 2.12. The van der Waals surface area contributed by atoms with Crippen molar-refractivity contribution in [2.45, 2.75) is 31.5 Å². The Hall–Kier alpha value is -2.66. The quantitative estimate of drug-likeness (QED) is 0.838. The highest BCUT2D eigenvalue weighted by Crippen LogP contribution is 2.27. The van der Waals surface area contributed by atoms with Gasteiger partial charge in [0.1, 0.15) is 12.1 Å². The van der Waals surface area contributed by atoms with Crippen molar-refractivity contribution in [1.29, 1.82) is 0 Å². The molecule has 2 aromatic carbocycles. The molecular weight excluding hydrogens is 340 g/mol. The first kappa shape index (κ1) is 17.7. The summed E-state index contributed by atoms with van der Waals surface area (Å²) >= 11 is 0. The van der Waals surface area contributed by atoms with Crippen LogP contribution in [0.5, 0.6) is 0 Å². The minimum Gasteiger partial charge on any atom is -0.370 e. The molecule has 5 heteroatoms. The maximum Gasteiger partial charge on any atom is 0.245 e. The van der Waals surface area contributed by atoms with Crippen molar-refractivity contribution in [2.75, 3.05) is 19.7 Å². The minimum atomic E-state index is -0.368. The fraction of sp³-hybridized carbons (Fsp3) is 0.364. The fourth-order valence-electron chi connectivity index (χ4n) is 3.90. The number of benzene rings is 2. The maximum atomic E-state index is 13.2. The summed E-state index contributed by atoms with van der Waals surface area (Å²) in [6.07, 6.45) is 0.927. The third-order valence-electron chi connectivity index (χ3n) is 5.36. The molecule has 27 heavy (non-hydrogen) atoms. The largest absolute Gasteiger partial charge is 0.370 e. The van der Waals surface area contributed by atoms with Crippen LogP contribution in [0, 0.1) is 0 Å². The number of likely N-dealkylation sites (tertiary alicyclic amines) is 1. The van der Waals surface area contributed by atoms with Gasteiger partial charge < -0.3 is 14.5 Å². The fourth-order valence-corrected chi connectivity index (χ4v) is 3.90. The SMILES string of the molecule is O=C(C1CCC(=O)N1Cc1ccccc1)N1CCOC(c2ccccc2)C1. The molecule has 2 amide bonds. The number of rotatable bonds is 4. The summed E-state index contributed by atoms with van der Waals surface area (Å²) in [4.78, 5) is 29.2. The summed E-state index contributed by atoms with van der Waals surface area (Å²) in [5, 5.41) is 0. The van der Waals surface area contributed by atoms with Crippen LogP contribution in [0.25, 0.3) is 0 Å². The van der Waals surface area contributed by atoms with Gasteiger partial charge in [0.25, 0.3) is 0 Å². The number of hydrogen-bond acceptors (Lipinski definition) is 3. The van der Waals surface area contributed by atoms with Crippen LogP contribution < -0.4 is 0 Å². The van der Waals surface area contributed by atoms with Crippen LogP contribution in [0.1, 0.15) is 30.1 Å². The highest BCUT2D eigenvalue weighted by molar-refractivity contribution is 5.91. The second-order valence-electron chi connectivity index (χ2n) is 7.12. The number of hydrogen-bond donors (Lipinski definition) is 0. The zero-order valence-electron chi connectivity index (χ0n) is 15.3. The molecule has 4 rings (SSSR count). The second kappa shape index (κ2) is 7.92. The van der Waals surface area contributed by atoms with Gasteiger partial charge in [-0.15, -0.1) is 0 Å². The first-order valence-electron chi connectivity index (χ1n) is 9.51. The molecule has 2 aliphatic heterocycles. The molecule has 0 N–H and O–H groups in total. The normalized spacial score (nSPS) is 22.9. The van der Waals surface area contributed by atoms with E-state index < -0.39 is 0 Å². The summed E-state index contributed by atoms with van der Waals surface area (Å²) in [5.41, 5.74) is 2.13. The Kier molecular flexibility index (Phi) is 5.21. The smallest absolute Gasteiger partial charge is 0.245 e. The van der Waals surface area contributed by atoms with Gasteiger partial charge in [-0.3, -0.25) is 9.59 Å². The van der Waals surface area contributed by atoms with E-state index in [2.05, 4.69) is 0 Å². The van der Waals surface area contributed by atoms with Crippen LogP contribution >= 0.6 is 0 Å². The molecule has 2 fully saturated rings. The molecule has 0 saturated carbocycles. The van der Waals surface area contributed by atoms with Crippen LogP contribution in [0.15, 0.2) is 60.7 Å². The molecule has 2 unspecified atom stereocenters. The van der Waals surface area contributed by atoms with Gasteiger partial charge in [-0.1, -0.05) is 60.7 Å². The first-order valence-corrected chi connectivity index (χ1v) is 9.51. The van der Waals surface area contributed by atoms with Gasteiger partial charge in [0.2, 0.25) is 11.8 Å². The van der Waals surface area contributed by atoms with Gasteiger partial charge in [-0.05, 0) is 17.5 Å². The average molecular weight is 364 g/mol. The zero-order valence-corrected chi connectivity index (χ0v) is 15.3. The van der Waals surface area contributed by atoms with Crippen LogP contribution in [0.2, 0.25) is 0 Å². The van der Waals surface area contributed by atoms with Crippen molar-refractivity contribution < 1.29 is 14.3 Å². The number of ether oxygens (including phenoxy) is 1. The first-order chi connectivity index (χ1) is 13.2. The van der Waals surface area contributed by atoms with E-state index in [-0.39, 0.29) is 24.0 Å². The predicted molar refractivity (Wildman–Crippen MR) is 102 cm³/mol. The van der Waals surface area contributed by atoms with Crippen molar-refractivity contribution in [3.8, 4) is 0 Å². The molecule has 0 spiro atoms. The molecule has 140 valence electrons. The lowest BCUT2D eigenvalue weighted by Gasteiger charge is -2.36. The third-order valence-corrected chi connectivity index (χ3v) is 5.36. The molecule has 2 aromatic rings. The molecular formula is C22H24N2O3. The maximum absolute atomic E-state index is 13.2. The Bertz CT molecular complexity index is 794. The Balaban J connectivity index is 1.46. The van der Waals surface area contributed by atoms with E-state index in [1.54, 1.807) is 4.90 Å². The number of amides is 2. The molecule has 0 bridgehead atoms. The molecule has 0 radical (unpaired) electrons. The monoisotopic (exact) mass is 364 g/mol. The topological polar surface area (TPSA) is 49.9 Å². The van der Waals surface area contributed by atoms with Crippen molar-refractivity contribution in [3.05, 3.63) is 71.8 Å². The molecule has 5 nitrogen and oxygen atoms in total. The zero-order chi connectivity index (χ0) is 18.6. The van der Waals surface area contributed by atoms with Crippen molar-refractivity contribution in [1.82, 2.24) is 9.80 Å². The Labute approximate surface area is 159 Å². The molecule has 2 heterocycles. The standard InChI is InChI=1S/C22H24N2O3/c25-21-12-11-19(24(21)15-17-7-3-1-4-8-17)22(26)23-13-14-27-20(16-23)18-9-5-2-6-10-18/h1-10,19-20H,11-16H2. The minimum absolute atomic E-state index is 0.0426. The van der Waals surface area contributed by atoms with Crippen molar-refractivity contribution >= 4 is 11.8 Å². The Morgan fingerprint density at radius 1 is 1.04 bits per heavy atom. The average Bonchev–Trinajstić information content (AvgIpc) is 3.09. The highest BCUT2D eigenvalue weighted by atomic mass is 16.5. The van der Waals surface area contributed by atoms with Crippen LogP contribution in [0.3, 0.4) is 0 Å². The second-order valence-corrected chi connectivity index (χ2v) is 7.12. The molecule has 0 aromatic heterocycles. The van der Waals surface area contributed by atoms with Gasteiger partial charge in [0, 0.05) is 19.5 Å². The lowest BCUT2D eigenvalue weighted by atomic mass is 10.1. The van der Waals surface area contributed by atoms with E-state index in [1.165, 1.54) is 0 Å². The van der Waals surface area contributed by atoms with E-state index in [0.717, 1.165) is 11.1 Å². The number of carbonyl (C=O) groups excluding carboxylic acids is 2. The highest BCUT2D eigenvalue weighted by Gasteiger charge is 2.39. The van der Waals surface area contributed by atoms with Gasteiger partial charge in [-0.25, -0.2) is 0 Å². The molecule has 2 atom stereocenters. The third kappa shape index (κ3) is 3.88. The van der Waals surface area contributed by atoms with E-state index in [9.17, 15) is 9.59 Å². The van der Waals surface area contributed by atoms with Crippen LogP contribution in [-0.4, -0.2) is 47.4 Å². The van der Waals surface area contributed by atoms with E-state index in [4.69, 9.17) is 4.74 Å². The van der Waals surface area contributed by atoms with E-state index >= 15 is 0 Å². The van der Waals surface area contributed by atoms with E-state index in [1.807, 2.05) is 65.6 Å². The molecule has 2 saturated heterocycles. The summed E-state index contributed by atoms with van der Waals surface area (Å²) in [6, 6.07) is 19.5. The van der Waals surface area contributed by atoms with Gasteiger partial charge >= 0.3 is 0 Å². The lowest BCUT2D eigenvalue weighted by molar-refractivity contribution is -0.147. The molecule has 0 aliphatic carbocycles. The van der Waals surface area contributed by atoms with Crippen LogP contribution in [0.4, 0.5) is 0 Å². The predicted octanol–water partition coefficient (Wildman–Crippen LogP) is 2.78. The van der Waals surface area contributed by atoms with Gasteiger partial charge in [0.15, 0.2) is 0 Å². The number of morpholine rings is 1. The Morgan fingerprint density at radius 2 is 1.74 bits per heavy atom. The van der Waals surface area contributed by atoms with E-state index in [0.29, 0.717) is 39.1 Å². The van der Waals surface area contributed by atoms with Gasteiger partial charge in [0.05, 0.1) is 13.2 Å². The summed E-state index contributed by atoms with van der Waals surface area (Å²) in [5.74, 6) is 0.103. The van der Waals surface area contributed by atoms with Crippen LogP contribution in [-0.2, 0) is 20.9 Å². The summed E-state index contributed by atoms with van der Waals surface area (Å²) in [7, 11) is 0. The van der Waals surface area contributed by atoms with Crippen molar-refractivity contribution in [3.63, 3.8) is 0 Å².